The van der Waals surface area contributed by atoms with Gasteiger partial charge in [-0.2, -0.15) is 5.26 Å². The Labute approximate surface area is 167 Å². The van der Waals surface area contributed by atoms with Crippen LogP contribution in [0.4, 0.5) is 8.78 Å². The molecule has 29 heavy (non-hydrogen) atoms. The molecule has 2 amide bonds. The number of halogens is 2. The van der Waals surface area contributed by atoms with Crippen molar-refractivity contribution < 1.29 is 27.9 Å². The molecular formula is C20H23F2N3O4. The fraction of sp³-hybridized carbons (Fsp3) is 0.500. The van der Waals surface area contributed by atoms with Crippen LogP contribution in [0.3, 0.4) is 0 Å². The van der Waals surface area contributed by atoms with Crippen molar-refractivity contribution in [3.8, 4) is 6.07 Å². The van der Waals surface area contributed by atoms with E-state index in [-0.39, 0.29) is 36.8 Å². The van der Waals surface area contributed by atoms with E-state index in [0.717, 1.165) is 6.07 Å². The van der Waals surface area contributed by atoms with Crippen molar-refractivity contribution in [2.24, 2.45) is 5.92 Å². The molecule has 1 saturated heterocycles. The van der Waals surface area contributed by atoms with E-state index in [4.69, 9.17) is 10.00 Å². The normalized spacial score (nSPS) is 17.2. The van der Waals surface area contributed by atoms with E-state index in [9.17, 15) is 23.2 Å². The van der Waals surface area contributed by atoms with Gasteiger partial charge in [0.05, 0.1) is 0 Å². The van der Waals surface area contributed by atoms with E-state index in [0.29, 0.717) is 6.42 Å². The summed E-state index contributed by atoms with van der Waals surface area (Å²) in [5, 5.41) is 11.1. The molecule has 156 valence electrons. The fourth-order valence-corrected chi connectivity index (χ4v) is 3.21. The monoisotopic (exact) mass is 407 g/mol. The van der Waals surface area contributed by atoms with Crippen LogP contribution in [0, 0.1) is 28.9 Å². The van der Waals surface area contributed by atoms with E-state index < -0.39 is 42.2 Å². The third kappa shape index (κ3) is 5.73. The number of hydrogen-bond acceptors (Lipinski definition) is 5. The molecule has 1 aliphatic rings. The van der Waals surface area contributed by atoms with Gasteiger partial charge >= 0.3 is 5.97 Å². The molecule has 0 spiro atoms. The maximum absolute atomic E-state index is 14.0. The van der Waals surface area contributed by atoms with Crippen molar-refractivity contribution in [3.63, 3.8) is 0 Å². The van der Waals surface area contributed by atoms with Gasteiger partial charge in [-0.3, -0.25) is 9.59 Å². The van der Waals surface area contributed by atoms with E-state index in [1.54, 1.807) is 19.9 Å². The highest BCUT2D eigenvalue weighted by atomic mass is 19.2. The first kappa shape index (κ1) is 22.3. The van der Waals surface area contributed by atoms with Gasteiger partial charge in [0.25, 0.3) is 0 Å². The first-order chi connectivity index (χ1) is 13.7. The molecule has 0 radical (unpaired) electrons. The van der Waals surface area contributed by atoms with Crippen LogP contribution in [0.5, 0.6) is 0 Å². The first-order valence-corrected chi connectivity index (χ1v) is 9.29. The van der Waals surface area contributed by atoms with Gasteiger partial charge in [-0.15, -0.1) is 0 Å². The fourth-order valence-electron chi connectivity index (χ4n) is 3.21. The van der Waals surface area contributed by atoms with Gasteiger partial charge in [-0.05, 0) is 18.4 Å². The van der Waals surface area contributed by atoms with Crippen molar-refractivity contribution in [1.29, 1.82) is 5.26 Å². The Morgan fingerprint density at radius 2 is 2.10 bits per heavy atom. The van der Waals surface area contributed by atoms with E-state index >= 15 is 0 Å². The molecule has 0 bridgehead atoms. The molecule has 0 unspecified atom stereocenters. The molecule has 1 fully saturated rings. The second kappa shape index (κ2) is 9.96. The lowest BCUT2D eigenvalue weighted by atomic mass is 10.0. The predicted octanol–water partition coefficient (Wildman–Crippen LogP) is 2.05. The molecule has 1 N–H and O–H groups in total. The zero-order chi connectivity index (χ0) is 21.6. The standard InChI is InChI=1S/C20H23F2N3O4/c1-12(2)19(20(28)29-9-8-23)24-16(26)10-14-6-7-17(27)25(14)11-13-4-3-5-15(21)18(13)22/h3-5,12,14,19H,6-7,9-11H2,1-2H3,(H,24,26)/t14-,19-/m0/s1. The van der Waals surface area contributed by atoms with Crippen molar-refractivity contribution in [1.82, 2.24) is 10.2 Å². The summed E-state index contributed by atoms with van der Waals surface area (Å²) in [5.41, 5.74) is 0.0331. The number of rotatable bonds is 8. The molecule has 0 aromatic heterocycles. The summed E-state index contributed by atoms with van der Waals surface area (Å²) in [7, 11) is 0. The van der Waals surface area contributed by atoms with Gasteiger partial charge in [-0.25, -0.2) is 13.6 Å². The smallest absolute Gasteiger partial charge is 0.329 e. The number of nitrogens with one attached hydrogen (secondary N) is 1. The molecule has 1 heterocycles. The zero-order valence-corrected chi connectivity index (χ0v) is 16.3. The Morgan fingerprint density at radius 3 is 2.76 bits per heavy atom. The number of esters is 1. The van der Waals surface area contributed by atoms with Crippen molar-refractivity contribution in [2.45, 2.75) is 51.7 Å². The van der Waals surface area contributed by atoms with Gasteiger partial charge in [0.15, 0.2) is 18.2 Å². The SMILES string of the molecule is CC(C)[C@H](NC(=O)C[C@@H]1CCC(=O)N1Cc1cccc(F)c1F)C(=O)OCC#N. The topological polar surface area (TPSA) is 99.5 Å². The first-order valence-electron chi connectivity index (χ1n) is 9.29. The number of ether oxygens (including phenoxy) is 1. The third-order valence-electron chi connectivity index (χ3n) is 4.76. The second-order valence-corrected chi connectivity index (χ2v) is 7.19. The van der Waals surface area contributed by atoms with Gasteiger partial charge in [0.1, 0.15) is 12.1 Å². The van der Waals surface area contributed by atoms with Crippen LogP contribution in [-0.4, -0.2) is 41.4 Å². The largest absolute Gasteiger partial charge is 0.449 e. The summed E-state index contributed by atoms with van der Waals surface area (Å²) in [4.78, 5) is 38.0. The van der Waals surface area contributed by atoms with Crippen LogP contribution < -0.4 is 5.32 Å². The van der Waals surface area contributed by atoms with E-state index in [1.807, 2.05) is 0 Å². The minimum absolute atomic E-state index is 0.0331. The Morgan fingerprint density at radius 1 is 1.38 bits per heavy atom. The Kier molecular flexibility index (Phi) is 7.65. The number of nitrogens with zero attached hydrogens (tertiary/aromatic N) is 2. The Hall–Kier alpha value is -3.02. The summed E-state index contributed by atoms with van der Waals surface area (Å²) in [6.07, 6.45) is 0.512. The number of benzene rings is 1. The maximum Gasteiger partial charge on any atom is 0.329 e. The third-order valence-corrected chi connectivity index (χ3v) is 4.76. The summed E-state index contributed by atoms with van der Waals surface area (Å²) in [6, 6.07) is 4.01. The summed E-state index contributed by atoms with van der Waals surface area (Å²) in [5.74, 6) is -3.72. The predicted molar refractivity (Wildman–Crippen MR) is 97.9 cm³/mol. The number of nitriles is 1. The maximum atomic E-state index is 14.0. The van der Waals surface area contributed by atoms with Crippen LogP contribution in [0.15, 0.2) is 18.2 Å². The molecule has 1 aromatic carbocycles. The number of carbonyl (C=O) groups excluding carboxylic acids is 3. The van der Waals surface area contributed by atoms with E-state index in [1.165, 1.54) is 17.0 Å². The highest BCUT2D eigenvalue weighted by Crippen LogP contribution is 2.25. The molecule has 2 rings (SSSR count). The summed E-state index contributed by atoms with van der Waals surface area (Å²) in [6.45, 7) is 2.88. The van der Waals surface area contributed by atoms with Crippen LogP contribution in [0.1, 0.15) is 38.7 Å². The summed E-state index contributed by atoms with van der Waals surface area (Å²) >= 11 is 0. The average molecular weight is 407 g/mol. The van der Waals surface area contributed by atoms with Gasteiger partial charge < -0.3 is 15.0 Å². The van der Waals surface area contributed by atoms with Gasteiger partial charge in [-0.1, -0.05) is 26.0 Å². The van der Waals surface area contributed by atoms with Gasteiger partial charge in [0, 0.05) is 31.0 Å². The average Bonchev–Trinajstić information content (AvgIpc) is 3.00. The minimum atomic E-state index is -1.02. The Balaban J connectivity index is 2.04. The van der Waals surface area contributed by atoms with Crippen LogP contribution in [-0.2, 0) is 25.7 Å². The molecule has 0 aliphatic carbocycles. The second-order valence-electron chi connectivity index (χ2n) is 7.19. The van der Waals surface area contributed by atoms with Crippen LogP contribution in [0.25, 0.3) is 0 Å². The van der Waals surface area contributed by atoms with Crippen molar-refractivity contribution in [2.75, 3.05) is 6.61 Å². The molecule has 0 saturated carbocycles. The number of carbonyl (C=O) groups is 3. The summed E-state index contributed by atoms with van der Waals surface area (Å²) < 4.78 is 32.2. The molecule has 2 atom stereocenters. The highest BCUT2D eigenvalue weighted by molar-refractivity contribution is 5.86. The quantitative estimate of drug-likeness (QED) is 0.665. The molecule has 9 heteroatoms. The van der Waals surface area contributed by atoms with Crippen molar-refractivity contribution in [3.05, 3.63) is 35.4 Å². The highest BCUT2D eigenvalue weighted by Gasteiger charge is 2.34. The lowest BCUT2D eigenvalue weighted by Gasteiger charge is -2.26. The Bertz CT molecular complexity index is 822. The number of hydrogen-bond donors (Lipinski definition) is 1. The van der Waals surface area contributed by atoms with Crippen LogP contribution >= 0.6 is 0 Å². The lowest BCUT2D eigenvalue weighted by molar-refractivity contribution is -0.148. The number of amides is 2. The van der Waals surface area contributed by atoms with Crippen LogP contribution in [0.2, 0.25) is 0 Å². The lowest BCUT2D eigenvalue weighted by Crippen LogP contribution is -2.47. The molecule has 7 nitrogen and oxygen atoms in total. The molecule has 1 aromatic rings. The van der Waals surface area contributed by atoms with E-state index in [2.05, 4.69) is 5.32 Å². The molecular weight excluding hydrogens is 384 g/mol. The number of likely N-dealkylation sites (tertiary alicyclic amines) is 1. The minimum Gasteiger partial charge on any atom is -0.449 e. The van der Waals surface area contributed by atoms with Gasteiger partial charge in [0.2, 0.25) is 11.8 Å². The van der Waals surface area contributed by atoms with Crippen molar-refractivity contribution >= 4 is 17.8 Å². The zero-order valence-electron chi connectivity index (χ0n) is 16.3. The molecule has 1 aliphatic heterocycles.